The number of ether oxygens (including phenoxy) is 1. The molecule has 0 amide bonds. The summed E-state index contributed by atoms with van der Waals surface area (Å²) in [5, 5.41) is 0. The van der Waals surface area contributed by atoms with Crippen LogP contribution in [0.5, 0.6) is 0 Å². The summed E-state index contributed by atoms with van der Waals surface area (Å²) in [6.45, 7) is 0. The van der Waals surface area contributed by atoms with E-state index in [1.54, 1.807) is 11.1 Å². The highest BCUT2D eigenvalue weighted by Crippen LogP contribution is 2.57. The van der Waals surface area contributed by atoms with Crippen LogP contribution in [0.4, 0.5) is 0 Å². The molecule has 4 fully saturated rings. The molecule has 4 aliphatic rings. The van der Waals surface area contributed by atoms with E-state index >= 15 is 0 Å². The number of benzene rings is 1. The van der Waals surface area contributed by atoms with Crippen LogP contribution >= 0.6 is 0 Å². The highest BCUT2D eigenvalue weighted by Gasteiger charge is 2.50. The van der Waals surface area contributed by atoms with Crippen LogP contribution in [-0.2, 0) is 10.3 Å². The molecule has 0 spiro atoms. The van der Waals surface area contributed by atoms with Gasteiger partial charge in [-0.1, -0.05) is 30.7 Å². The van der Waals surface area contributed by atoms with Crippen LogP contribution in [0.3, 0.4) is 0 Å². The molecule has 106 valence electrons. The van der Waals surface area contributed by atoms with Crippen LogP contribution in [0.1, 0.15) is 68.4 Å². The standard InChI is InChI=1S/C19H24O/c1-2-4-18(19-9-7-15(20-19)8-10-19)16(3-1)17-12-13-5-6-14(17)11-13/h1-4,13-15,17H,5-12H2. The number of hydrogen-bond acceptors (Lipinski definition) is 1. The molecule has 20 heavy (non-hydrogen) atoms. The van der Waals surface area contributed by atoms with Crippen LogP contribution in [-0.4, -0.2) is 6.10 Å². The van der Waals surface area contributed by atoms with Gasteiger partial charge in [0.1, 0.15) is 0 Å². The largest absolute Gasteiger partial charge is 0.367 e. The van der Waals surface area contributed by atoms with Gasteiger partial charge >= 0.3 is 0 Å². The Morgan fingerprint density at radius 2 is 1.80 bits per heavy atom. The minimum absolute atomic E-state index is 0.100. The van der Waals surface area contributed by atoms with Crippen LogP contribution in [0.15, 0.2) is 24.3 Å². The Hall–Kier alpha value is -0.820. The zero-order chi connectivity index (χ0) is 13.2. The van der Waals surface area contributed by atoms with Gasteiger partial charge in [0.2, 0.25) is 0 Å². The number of rotatable bonds is 2. The van der Waals surface area contributed by atoms with Gasteiger partial charge in [0.05, 0.1) is 11.7 Å². The smallest absolute Gasteiger partial charge is 0.0939 e. The fraction of sp³-hybridized carbons (Fsp3) is 0.684. The highest BCUT2D eigenvalue weighted by atomic mass is 16.5. The molecule has 2 saturated carbocycles. The Labute approximate surface area is 121 Å². The summed E-state index contributed by atoms with van der Waals surface area (Å²) < 4.78 is 6.43. The number of fused-ring (bicyclic) bond motifs is 4. The van der Waals surface area contributed by atoms with E-state index in [4.69, 9.17) is 4.74 Å². The normalized spacial score (nSPS) is 45.4. The molecule has 3 atom stereocenters. The highest BCUT2D eigenvalue weighted by molar-refractivity contribution is 5.38. The second-order valence-electron chi connectivity index (χ2n) is 7.68. The third-order valence-electron chi connectivity index (χ3n) is 6.72. The molecule has 2 aliphatic carbocycles. The van der Waals surface area contributed by atoms with Gasteiger partial charge in [0, 0.05) is 0 Å². The van der Waals surface area contributed by atoms with E-state index in [1.165, 1.54) is 51.4 Å². The monoisotopic (exact) mass is 268 g/mol. The molecule has 1 heteroatoms. The van der Waals surface area contributed by atoms with E-state index in [0.29, 0.717) is 6.10 Å². The molecule has 0 radical (unpaired) electrons. The first-order valence-electron chi connectivity index (χ1n) is 8.61. The first-order chi connectivity index (χ1) is 9.84. The van der Waals surface area contributed by atoms with Gasteiger partial charge in [0.15, 0.2) is 0 Å². The Morgan fingerprint density at radius 3 is 2.45 bits per heavy atom. The SMILES string of the molecule is c1ccc(C23CCC(CC2)O3)c(C2CC3CCC2C3)c1. The van der Waals surface area contributed by atoms with Crippen molar-refractivity contribution in [3.05, 3.63) is 35.4 Å². The van der Waals surface area contributed by atoms with Crippen molar-refractivity contribution in [3.8, 4) is 0 Å². The maximum atomic E-state index is 6.43. The van der Waals surface area contributed by atoms with Crippen molar-refractivity contribution in [3.63, 3.8) is 0 Å². The maximum absolute atomic E-state index is 6.43. The molecule has 1 aromatic carbocycles. The molecule has 0 aromatic heterocycles. The Kier molecular flexibility index (Phi) is 2.42. The van der Waals surface area contributed by atoms with E-state index < -0.39 is 0 Å². The molecule has 2 saturated heterocycles. The maximum Gasteiger partial charge on any atom is 0.0939 e. The Bertz CT molecular complexity index is 526. The summed E-state index contributed by atoms with van der Waals surface area (Å²) in [6.07, 6.45) is 11.5. The lowest BCUT2D eigenvalue weighted by atomic mass is 9.75. The van der Waals surface area contributed by atoms with Gasteiger partial charge in [-0.2, -0.15) is 0 Å². The fourth-order valence-electron chi connectivity index (χ4n) is 5.81. The van der Waals surface area contributed by atoms with Gasteiger partial charge in [-0.05, 0) is 73.8 Å². The quantitative estimate of drug-likeness (QED) is 0.751. The van der Waals surface area contributed by atoms with E-state index in [1.807, 2.05) is 0 Å². The molecular formula is C19H24O. The molecule has 2 aliphatic heterocycles. The molecule has 3 unspecified atom stereocenters. The molecule has 2 heterocycles. The van der Waals surface area contributed by atoms with E-state index in [-0.39, 0.29) is 5.60 Å². The summed E-state index contributed by atoms with van der Waals surface area (Å²) in [4.78, 5) is 0. The lowest BCUT2D eigenvalue weighted by molar-refractivity contribution is 0.00895. The van der Waals surface area contributed by atoms with Gasteiger partial charge < -0.3 is 4.74 Å². The van der Waals surface area contributed by atoms with Crippen molar-refractivity contribution >= 4 is 0 Å². The molecule has 1 aromatic rings. The fourth-order valence-corrected chi connectivity index (χ4v) is 5.81. The minimum atomic E-state index is 0.100. The summed E-state index contributed by atoms with van der Waals surface area (Å²) in [6, 6.07) is 9.29. The van der Waals surface area contributed by atoms with Gasteiger partial charge in [-0.25, -0.2) is 0 Å². The van der Waals surface area contributed by atoms with Gasteiger partial charge in [-0.15, -0.1) is 0 Å². The Morgan fingerprint density at radius 1 is 0.950 bits per heavy atom. The third kappa shape index (κ3) is 1.53. The zero-order valence-electron chi connectivity index (χ0n) is 12.2. The molecule has 1 nitrogen and oxygen atoms in total. The first-order valence-corrected chi connectivity index (χ1v) is 8.61. The van der Waals surface area contributed by atoms with Crippen LogP contribution < -0.4 is 0 Å². The van der Waals surface area contributed by atoms with Crippen molar-refractivity contribution in [2.75, 3.05) is 0 Å². The molecular weight excluding hydrogens is 244 g/mol. The summed E-state index contributed by atoms with van der Waals surface area (Å²) >= 11 is 0. The second kappa shape index (κ2) is 4.10. The van der Waals surface area contributed by atoms with Gasteiger partial charge in [-0.3, -0.25) is 0 Å². The van der Waals surface area contributed by atoms with Crippen molar-refractivity contribution in [1.82, 2.24) is 0 Å². The number of hydrogen-bond donors (Lipinski definition) is 0. The molecule has 5 rings (SSSR count). The molecule has 4 bridgehead atoms. The van der Waals surface area contributed by atoms with E-state index in [0.717, 1.165) is 17.8 Å². The van der Waals surface area contributed by atoms with Crippen molar-refractivity contribution in [2.45, 2.75) is 69.0 Å². The zero-order valence-corrected chi connectivity index (χ0v) is 12.2. The second-order valence-corrected chi connectivity index (χ2v) is 7.68. The van der Waals surface area contributed by atoms with Crippen LogP contribution in [0, 0.1) is 11.8 Å². The third-order valence-corrected chi connectivity index (χ3v) is 6.72. The first kappa shape index (κ1) is 11.8. The van der Waals surface area contributed by atoms with E-state index in [9.17, 15) is 0 Å². The van der Waals surface area contributed by atoms with Gasteiger partial charge in [0.25, 0.3) is 0 Å². The topological polar surface area (TPSA) is 9.23 Å². The van der Waals surface area contributed by atoms with Crippen LogP contribution in [0.25, 0.3) is 0 Å². The Balaban J connectivity index is 1.57. The summed E-state index contributed by atoms with van der Waals surface area (Å²) in [7, 11) is 0. The van der Waals surface area contributed by atoms with Crippen LogP contribution in [0.2, 0.25) is 0 Å². The average molecular weight is 268 g/mol. The summed E-state index contributed by atoms with van der Waals surface area (Å²) in [5.41, 5.74) is 3.32. The van der Waals surface area contributed by atoms with Crippen molar-refractivity contribution in [1.29, 1.82) is 0 Å². The van der Waals surface area contributed by atoms with Crippen molar-refractivity contribution < 1.29 is 4.74 Å². The average Bonchev–Trinajstić information content (AvgIpc) is 3.27. The van der Waals surface area contributed by atoms with Crippen molar-refractivity contribution in [2.24, 2.45) is 11.8 Å². The summed E-state index contributed by atoms with van der Waals surface area (Å²) in [5.74, 6) is 2.83. The molecule has 0 N–H and O–H groups in total. The predicted molar refractivity (Wildman–Crippen MR) is 79.7 cm³/mol. The minimum Gasteiger partial charge on any atom is -0.367 e. The lowest BCUT2D eigenvalue weighted by Crippen LogP contribution is -2.25. The lowest BCUT2D eigenvalue weighted by Gasteiger charge is -2.32. The predicted octanol–water partition coefficient (Wildman–Crippen LogP) is 4.76. The van der Waals surface area contributed by atoms with E-state index in [2.05, 4.69) is 24.3 Å².